The third kappa shape index (κ3) is 2.85. The van der Waals surface area contributed by atoms with E-state index < -0.39 is 30.5 Å². The number of rotatable bonds is 3. The maximum atomic E-state index is 13.1. The van der Waals surface area contributed by atoms with Crippen molar-refractivity contribution in [3.05, 3.63) is 17.3 Å². The summed E-state index contributed by atoms with van der Waals surface area (Å²) in [5.41, 5.74) is 0. The van der Waals surface area contributed by atoms with E-state index in [0.29, 0.717) is 28.3 Å². The molecule has 23 heavy (non-hydrogen) atoms. The van der Waals surface area contributed by atoms with Crippen LogP contribution in [0.25, 0.3) is 10.2 Å². The zero-order chi connectivity index (χ0) is 16.8. The number of halogens is 3. The van der Waals surface area contributed by atoms with Crippen molar-refractivity contribution in [2.45, 2.75) is 19.5 Å². The van der Waals surface area contributed by atoms with Crippen LogP contribution in [0.1, 0.15) is 12.7 Å². The topological polar surface area (TPSA) is 66.3 Å². The normalized spacial score (nSPS) is 22.0. The molecular weight excluding hydrogens is 331 g/mol. The number of hydrogen-bond acceptors (Lipinski definition) is 5. The van der Waals surface area contributed by atoms with Gasteiger partial charge in [0.25, 0.3) is 0 Å². The van der Waals surface area contributed by atoms with E-state index >= 15 is 0 Å². The van der Waals surface area contributed by atoms with Crippen LogP contribution in [0.5, 0.6) is 0 Å². The number of alkyl halides is 3. The average Bonchev–Trinajstić information content (AvgIpc) is 3.12. The van der Waals surface area contributed by atoms with Crippen molar-refractivity contribution >= 4 is 33.3 Å². The van der Waals surface area contributed by atoms with Crippen LogP contribution in [0.2, 0.25) is 0 Å². The van der Waals surface area contributed by atoms with Gasteiger partial charge in [-0.1, -0.05) is 6.92 Å². The zero-order valence-electron chi connectivity index (χ0n) is 12.2. The average molecular weight is 345 g/mol. The van der Waals surface area contributed by atoms with E-state index in [1.165, 1.54) is 16.2 Å². The predicted molar refractivity (Wildman–Crippen MR) is 79.7 cm³/mol. The molecule has 5 nitrogen and oxygen atoms in total. The summed E-state index contributed by atoms with van der Waals surface area (Å²) in [6.45, 7) is 1.26. The monoisotopic (exact) mass is 345 g/mol. The first kappa shape index (κ1) is 16.0. The van der Waals surface area contributed by atoms with Gasteiger partial charge < -0.3 is 10.0 Å². The van der Waals surface area contributed by atoms with E-state index in [9.17, 15) is 18.0 Å². The minimum atomic E-state index is -4.55. The van der Waals surface area contributed by atoms with Crippen molar-refractivity contribution < 1.29 is 23.1 Å². The van der Waals surface area contributed by atoms with Gasteiger partial charge in [-0.25, -0.2) is 9.97 Å². The Labute approximate surface area is 133 Å². The van der Waals surface area contributed by atoms with Crippen LogP contribution in [0, 0.1) is 11.8 Å². The Balaban J connectivity index is 2.03. The van der Waals surface area contributed by atoms with Gasteiger partial charge in [0.2, 0.25) is 0 Å². The first-order valence-corrected chi connectivity index (χ1v) is 7.97. The van der Waals surface area contributed by atoms with Gasteiger partial charge in [0.05, 0.1) is 17.2 Å². The number of aliphatic carboxylic acids is 1. The van der Waals surface area contributed by atoms with E-state index in [4.69, 9.17) is 5.11 Å². The molecule has 0 radical (unpaired) electrons. The highest BCUT2D eigenvalue weighted by Gasteiger charge is 2.53. The second-order valence-corrected chi connectivity index (χ2v) is 6.35. The predicted octanol–water partition coefficient (Wildman–Crippen LogP) is 2.95. The van der Waals surface area contributed by atoms with Crippen molar-refractivity contribution in [1.82, 2.24) is 9.97 Å². The van der Waals surface area contributed by atoms with E-state index in [0.717, 1.165) is 0 Å². The summed E-state index contributed by atoms with van der Waals surface area (Å²) in [5, 5.41) is 11.6. The third-order valence-electron chi connectivity index (χ3n) is 4.02. The number of anilines is 1. The molecular formula is C14H14F3N3O2S. The zero-order valence-corrected chi connectivity index (χ0v) is 13.0. The molecule has 0 bridgehead atoms. The Hall–Kier alpha value is -1.90. The Kier molecular flexibility index (Phi) is 3.91. The number of carboxylic acids is 1. The molecule has 3 heterocycles. The van der Waals surface area contributed by atoms with Crippen LogP contribution in [-0.2, 0) is 11.2 Å². The molecule has 0 spiro atoms. The van der Waals surface area contributed by atoms with Crippen LogP contribution in [0.15, 0.2) is 11.4 Å². The maximum absolute atomic E-state index is 13.1. The molecule has 0 amide bonds. The fourth-order valence-corrected chi connectivity index (χ4v) is 3.62. The molecule has 1 aliphatic rings. The van der Waals surface area contributed by atoms with Gasteiger partial charge in [0.15, 0.2) is 0 Å². The Morgan fingerprint density at radius 3 is 2.74 bits per heavy atom. The molecule has 1 saturated heterocycles. The maximum Gasteiger partial charge on any atom is 0.394 e. The van der Waals surface area contributed by atoms with Gasteiger partial charge in [0.1, 0.15) is 16.5 Å². The molecule has 2 aromatic heterocycles. The van der Waals surface area contributed by atoms with Crippen molar-refractivity contribution in [3.8, 4) is 0 Å². The molecule has 3 rings (SSSR count). The van der Waals surface area contributed by atoms with Crippen LogP contribution < -0.4 is 4.90 Å². The van der Waals surface area contributed by atoms with Crippen molar-refractivity contribution in [1.29, 1.82) is 0 Å². The second-order valence-electron chi connectivity index (χ2n) is 5.45. The highest BCUT2D eigenvalue weighted by atomic mass is 32.1. The van der Waals surface area contributed by atoms with Crippen LogP contribution >= 0.6 is 11.3 Å². The number of aryl methyl sites for hydroxylation is 1. The van der Waals surface area contributed by atoms with Gasteiger partial charge in [-0.3, -0.25) is 4.79 Å². The fourth-order valence-electron chi connectivity index (χ4n) is 2.84. The summed E-state index contributed by atoms with van der Waals surface area (Å²) in [6.07, 6.45) is -3.99. The molecule has 1 fully saturated rings. The molecule has 1 aliphatic heterocycles. The summed E-state index contributed by atoms with van der Waals surface area (Å²) >= 11 is 1.39. The first-order valence-electron chi connectivity index (χ1n) is 7.09. The molecule has 0 aliphatic carbocycles. The minimum absolute atomic E-state index is 0.204. The Bertz CT molecular complexity index is 746. The first-order chi connectivity index (χ1) is 10.8. The van der Waals surface area contributed by atoms with Crippen molar-refractivity contribution in [3.63, 3.8) is 0 Å². The number of aromatic nitrogens is 2. The van der Waals surface area contributed by atoms with Crippen molar-refractivity contribution in [2.24, 2.45) is 11.8 Å². The SMILES string of the molecule is CCc1nc(N2C[C@@H](C(F)(F)F)[C@H](C(=O)O)C2)c2ccsc2n1. The van der Waals surface area contributed by atoms with Crippen molar-refractivity contribution in [2.75, 3.05) is 18.0 Å². The number of fused-ring (bicyclic) bond motifs is 1. The van der Waals surface area contributed by atoms with Gasteiger partial charge in [0, 0.05) is 19.5 Å². The Morgan fingerprint density at radius 2 is 2.17 bits per heavy atom. The van der Waals surface area contributed by atoms with E-state index in [2.05, 4.69) is 9.97 Å². The highest BCUT2D eigenvalue weighted by molar-refractivity contribution is 7.16. The fraction of sp³-hybridized carbons (Fsp3) is 0.500. The lowest BCUT2D eigenvalue weighted by atomic mass is 9.96. The number of nitrogens with zero attached hydrogens (tertiary/aromatic N) is 3. The van der Waals surface area contributed by atoms with E-state index in [1.807, 2.05) is 6.92 Å². The standard InChI is InChI=1S/C14H14F3N3O2S/c1-2-10-18-11(7-3-4-23-12(7)19-10)20-5-8(13(21)22)9(6-20)14(15,16)17/h3-4,8-9H,2,5-6H2,1H3,(H,21,22)/t8-,9-/m1/s1. The van der Waals surface area contributed by atoms with E-state index in [1.54, 1.807) is 11.4 Å². The molecule has 9 heteroatoms. The molecule has 124 valence electrons. The summed E-state index contributed by atoms with van der Waals surface area (Å²) in [7, 11) is 0. The van der Waals surface area contributed by atoms with Crippen LogP contribution in [-0.4, -0.2) is 40.3 Å². The summed E-state index contributed by atoms with van der Waals surface area (Å²) in [6, 6.07) is 1.76. The largest absolute Gasteiger partial charge is 0.481 e. The molecule has 0 saturated carbocycles. The quantitative estimate of drug-likeness (QED) is 0.926. The van der Waals surface area contributed by atoms with Crippen LogP contribution in [0.4, 0.5) is 19.0 Å². The molecule has 2 aromatic rings. The lowest BCUT2D eigenvalue weighted by molar-refractivity contribution is -0.187. The Morgan fingerprint density at radius 1 is 1.43 bits per heavy atom. The van der Waals surface area contributed by atoms with Gasteiger partial charge in [-0.05, 0) is 11.4 Å². The smallest absolute Gasteiger partial charge is 0.394 e. The third-order valence-corrected chi connectivity index (χ3v) is 4.83. The molecule has 1 N–H and O–H groups in total. The van der Waals surface area contributed by atoms with E-state index in [-0.39, 0.29) is 6.54 Å². The number of thiophene rings is 1. The summed E-state index contributed by atoms with van der Waals surface area (Å²) in [5.74, 6) is -3.87. The number of carbonyl (C=O) groups is 1. The molecule has 0 unspecified atom stereocenters. The summed E-state index contributed by atoms with van der Waals surface area (Å²) < 4.78 is 39.4. The lowest BCUT2D eigenvalue weighted by Crippen LogP contribution is -2.33. The van der Waals surface area contributed by atoms with Gasteiger partial charge in [-0.2, -0.15) is 13.2 Å². The number of hydrogen-bond donors (Lipinski definition) is 1. The lowest BCUT2D eigenvalue weighted by Gasteiger charge is -2.20. The molecule has 0 aromatic carbocycles. The summed E-state index contributed by atoms with van der Waals surface area (Å²) in [4.78, 5) is 22.0. The van der Waals surface area contributed by atoms with Crippen LogP contribution in [0.3, 0.4) is 0 Å². The second kappa shape index (κ2) is 5.63. The molecule has 2 atom stereocenters. The highest BCUT2D eigenvalue weighted by Crippen LogP contribution is 2.40. The number of carboxylic acid groups (broad SMARTS) is 1. The van der Waals surface area contributed by atoms with Gasteiger partial charge in [-0.15, -0.1) is 11.3 Å². The minimum Gasteiger partial charge on any atom is -0.481 e. The van der Waals surface area contributed by atoms with Gasteiger partial charge >= 0.3 is 12.1 Å².